The first kappa shape index (κ1) is 17.3. The molecular formula is C17H19N3O4. The van der Waals surface area contributed by atoms with E-state index in [1.54, 1.807) is 30.6 Å². The second-order valence-electron chi connectivity index (χ2n) is 5.10. The van der Waals surface area contributed by atoms with Crippen molar-refractivity contribution in [3.8, 4) is 11.5 Å². The molecule has 0 fully saturated rings. The molecule has 0 aliphatic heterocycles. The number of hydrogen-bond acceptors (Lipinski definition) is 5. The minimum Gasteiger partial charge on any atom is -0.493 e. The third-order valence-corrected chi connectivity index (χ3v) is 3.35. The molecule has 1 aromatic heterocycles. The van der Waals surface area contributed by atoms with Crippen LogP contribution >= 0.6 is 0 Å². The van der Waals surface area contributed by atoms with E-state index in [1.165, 1.54) is 7.11 Å². The third kappa shape index (κ3) is 4.45. The number of nitrogens with one attached hydrogen (secondary N) is 1. The van der Waals surface area contributed by atoms with E-state index in [-0.39, 0.29) is 18.6 Å². The molecule has 0 saturated carbocycles. The predicted octanol–water partition coefficient (Wildman–Crippen LogP) is 1.45. The summed E-state index contributed by atoms with van der Waals surface area (Å²) in [7, 11) is 1.45. The molecule has 1 unspecified atom stereocenters. The molecule has 7 heteroatoms. The van der Waals surface area contributed by atoms with Gasteiger partial charge in [-0.15, -0.1) is 0 Å². The van der Waals surface area contributed by atoms with Gasteiger partial charge in [0.15, 0.2) is 18.1 Å². The van der Waals surface area contributed by atoms with E-state index in [0.29, 0.717) is 17.1 Å². The van der Waals surface area contributed by atoms with Crippen molar-refractivity contribution in [1.29, 1.82) is 0 Å². The molecule has 1 atom stereocenters. The second-order valence-corrected chi connectivity index (χ2v) is 5.10. The highest BCUT2D eigenvalue weighted by atomic mass is 16.5. The summed E-state index contributed by atoms with van der Waals surface area (Å²) in [6.45, 7) is 1.62. The van der Waals surface area contributed by atoms with Gasteiger partial charge in [0.2, 0.25) is 0 Å². The summed E-state index contributed by atoms with van der Waals surface area (Å²) in [5, 5.41) is 2.90. The largest absolute Gasteiger partial charge is 0.493 e. The molecule has 0 saturated heterocycles. The predicted molar refractivity (Wildman–Crippen MR) is 87.8 cm³/mol. The van der Waals surface area contributed by atoms with Gasteiger partial charge in [0, 0.05) is 18.0 Å². The Kier molecular flexibility index (Phi) is 5.73. The number of primary amides is 1. The molecule has 1 aromatic carbocycles. The number of benzene rings is 1. The molecule has 0 aliphatic rings. The van der Waals surface area contributed by atoms with Crippen molar-refractivity contribution in [3.05, 3.63) is 53.9 Å². The Bertz CT molecular complexity index is 719. The Morgan fingerprint density at radius 1 is 1.21 bits per heavy atom. The average molecular weight is 329 g/mol. The SMILES string of the molecule is COc1cc(C(=O)NC(C)c2ccncc2)ccc1OCC(N)=O. The first-order valence-corrected chi connectivity index (χ1v) is 7.31. The lowest BCUT2D eigenvalue weighted by atomic mass is 10.1. The lowest BCUT2D eigenvalue weighted by Crippen LogP contribution is -2.26. The van der Waals surface area contributed by atoms with Crippen LogP contribution in [0, 0.1) is 0 Å². The van der Waals surface area contributed by atoms with Gasteiger partial charge in [-0.3, -0.25) is 14.6 Å². The van der Waals surface area contributed by atoms with Crippen molar-refractivity contribution in [2.45, 2.75) is 13.0 Å². The van der Waals surface area contributed by atoms with E-state index in [2.05, 4.69) is 10.3 Å². The lowest BCUT2D eigenvalue weighted by molar-refractivity contribution is -0.119. The maximum absolute atomic E-state index is 12.4. The number of carbonyl (C=O) groups excluding carboxylic acids is 2. The zero-order valence-corrected chi connectivity index (χ0v) is 13.5. The fraction of sp³-hybridized carbons (Fsp3) is 0.235. The molecule has 1 heterocycles. The van der Waals surface area contributed by atoms with Gasteiger partial charge in [-0.05, 0) is 42.8 Å². The van der Waals surface area contributed by atoms with Crippen molar-refractivity contribution in [1.82, 2.24) is 10.3 Å². The van der Waals surface area contributed by atoms with Crippen LogP contribution in [0.3, 0.4) is 0 Å². The Balaban J connectivity index is 2.10. The van der Waals surface area contributed by atoms with Crippen LogP contribution in [-0.4, -0.2) is 30.5 Å². The van der Waals surface area contributed by atoms with Gasteiger partial charge in [-0.1, -0.05) is 0 Å². The van der Waals surface area contributed by atoms with Crippen molar-refractivity contribution in [2.24, 2.45) is 5.73 Å². The van der Waals surface area contributed by atoms with Crippen molar-refractivity contribution < 1.29 is 19.1 Å². The highest BCUT2D eigenvalue weighted by Gasteiger charge is 2.14. The summed E-state index contributed by atoms with van der Waals surface area (Å²) in [6.07, 6.45) is 3.35. The van der Waals surface area contributed by atoms with E-state index in [9.17, 15) is 9.59 Å². The molecule has 3 N–H and O–H groups in total. The number of ether oxygens (including phenoxy) is 2. The van der Waals surface area contributed by atoms with E-state index in [1.807, 2.05) is 19.1 Å². The summed E-state index contributed by atoms with van der Waals surface area (Å²) in [4.78, 5) is 27.1. The monoisotopic (exact) mass is 329 g/mol. The Hall–Kier alpha value is -3.09. The molecule has 0 aliphatic carbocycles. The summed E-state index contributed by atoms with van der Waals surface area (Å²) >= 11 is 0. The summed E-state index contributed by atoms with van der Waals surface area (Å²) < 4.78 is 10.4. The van der Waals surface area contributed by atoms with Gasteiger partial charge in [0.1, 0.15) is 0 Å². The van der Waals surface area contributed by atoms with Gasteiger partial charge in [0.25, 0.3) is 11.8 Å². The quantitative estimate of drug-likeness (QED) is 0.800. The normalized spacial score (nSPS) is 11.4. The zero-order chi connectivity index (χ0) is 17.5. The number of nitrogens with zero attached hydrogens (tertiary/aromatic N) is 1. The Morgan fingerprint density at radius 3 is 2.54 bits per heavy atom. The zero-order valence-electron chi connectivity index (χ0n) is 13.5. The first-order chi connectivity index (χ1) is 11.5. The van der Waals surface area contributed by atoms with Crippen LogP contribution in [0.4, 0.5) is 0 Å². The Labute approximate surface area is 139 Å². The van der Waals surface area contributed by atoms with Crippen molar-refractivity contribution in [3.63, 3.8) is 0 Å². The van der Waals surface area contributed by atoms with Gasteiger partial charge in [0.05, 0.1) is 13.2 Å². The number of carbonyl (C=O) groups is 2. The number of pyridine rings is 1. The van der Waals surface area contributed by atoms with Gasteiger partial charge < -0.3 is 20.5 Å². The van der Waals surface area contributed by atoms with Gasteiger partial charge in [-0.2, -0.15) is 0 Å². The molecular weight excluding hydrogens is 310 g/mol. The van der Waals surface area contributed by atoms with E-state index in [4.69, 9.17) is 15.2 Å². The summed E-state index contributed by atoms with van der Waals surface area (Å²) in [6, 6.07) is 8.21. The molecule has 0 radical (unpaired) electrons. The van der Waals surface area contributed by atoms with Crippen LogP contribution in [0.2, 0.25) is 0 Å². The first-order valence-electron chi connectivity index (χ1n) is 7.31. The maximum atomic E-state index is 12.4. The highest BCUT2D eigenvalue weighted by molar-refractivity contribution is 5.95. The van der Waals surface area contributed by atoms with Crippen molar-refractivity contribution >= 4 is 11.8 Å². The third-order valence-electron chi connectivity index (χ3n) is 3.35. The van der Waals surface area contributed by atoms with E-state index in [0.717, 1.165) is 5.56 Å². The minimum absolute atomic E-state index is 0.169. The number of amides is 2. The number of rotatable bonds is 7. The number of aromatic nitrogens is 1. The van der Waals surface area contributed by atoms with Gasteiger partial charge >= 0.3 is 0 Å². The van der Waals surface area contributed by atoms with Crippen LogP contribution in [0.5, 0.6) is 11.5 Å². The second kappa shape index (κ2) is 7.96. The van der Waals surface area contributed by atoms with E-state index < -0.39 is 5.91 Å². The maximum Gasteiger partial charge on any atom is 0.255 e. The number of hydrogen-bond donors (Lipinski definition) is 2. The highest BCUT2D eigenvalue weighted by Crippen LogP contribution is 2.28. The van der Waals surface area contributed by atoms with Gasteiger partial charge in [-0.25, -0.2) is 0 Å². The fourth-order valence-electron chi connectivity index (χ4n) is 2.09. The van der Waals surface area contributed by atoms with Crippen LogP contribution in [0.15, 0.2) is 42.7 Å². The topological polar surface area (TPSA) is 104 Å². The Morgan fingerprint density at radius 2 is 1.92 bits per heavy atom. The molecule has 2 amide bonds. The van der Waals surface area contributed by atoms with Crippen LogP contribution in [0.1, 0.15) is 28.9 Å². The molecule has 2 aromatic rings. The molecule has 2 rings (SSSR count). The molecule has 24 heavy (non-hydrogen) atoms. The standard InChI is InChI=1S/C17H19N3O4/c1-11(12-5-7-19-8-6-12)20-17(22)13-3-4-14(15(9-13)23-2)24-10-16(18)21/h3-9,11H,10H2,1-2H3,(H2,18,21)(H,20,22). The molecule has 0 bridgehead atoms. The van der Waals surface area contributed by atoms with Crippen LogP contribution in [-0.2, 0) is 4.79 Å². The van der Waals surface area contributed by atoms with Crippen molar-refractivity contribution in [2.75, 3.05) is 13.7 Å². The summed E-state index contributed by atoms with van der Waals surface area (Å²) in [5.74, 6) is -0.153. The minimum atomic E-state index is -0.593. The van der Waals surface area contributed by atoms with Crippen LogP contribution in [0.25, 0.3) is 0 Å². The lowest BCUT2D eigenvalue weighted by Gasteiger charge is -2.15. The fourth-order valence-corrected chi connectivity index (χ4v) is 2.09. The van der Waals surface area contributed by atoms with E-state index >= 15 is 0 Å². The average Bonchev–Trinajstić information content (AvgIpc) is 2.60. The van der Waals surface area contributed by atoms with Crippen LogP contribution < -0.4 is 20.5 Å². The molecule has 7 nitrogen and oxygen atoms in total. The number of nitrogens with two attached hydrogens (primary N) is 1. The smallest absolute Gasteiger partial charge is 0.255 e. The summed E-state index contributed by atoms with van der Waals surface area (Å²) in [5.41, 5.74) is 6.41. The molecule has 126 valence electrons. The molecule has 0 spiro atoms. The number of methoxy groups -OCH3 is 1.